The van der Waals surface area contributed by atoms with Gasteiger partial charge in [0.25, 0.3) is 0 Å². The maximum atomic E-state index is 11.8. The number of nitrogens with zero attached hydrogens (tertiary/aromatic N) is 2. The molecule has 150 valence electrons. The maximum Gasteiger partial charge on any atom is 0.224 e. The zero-order chi connectivity index (χ0) is 18.4. The average Bonchev–Trinajstić information content (AvgIpc) is 3.26. The molecule has 6 heteroatoms. The molecule has 0 radical (unpaired) electrons. The highest BCUT2D eigenvalue weighted by molar-refractivity contribution is 14.0. The van der Waals surface area contributed by atoms with E-state index in [-0.39, 0.29) is 29.9 Å². The first-order chi connectivity index (χ1) is 12.6. The van der Waals surface area contributed by atoms with Gasteiger partial charge in [-0.25, -0.2) is 0 Å². The molecule has 0 atom stereocenters. The molecule has 1 saturated heterocycles. The van der Waals surface area contributed by atoms with Crippen LogP contribution in [0.15, 0.2) is 29.3 Å². The predicted molar refractivity (Wildman–Crippen MR) is 123 cm³/mol. The number of rotatable bonds is 5. The van der Waals surface area contributed by atoms with E-state index in [0.717, 1.165) is 36.7 Å². The van der Waals surface area contributed by atoms with Crippen molar-refractivity contribution in [3.05, 3.63) is 29.8 Å². The Balaban J connectivity index is 0.00000261. The number of amides is 1. The summed E-state index contributed by atoms with van der Waals surface area (Å²) in [6.45, 7) is 4.97. The Kier molecular flexibility index (Phi) is 8.38. The van der Waals surface area contributed by atoms with Crippen LogP contribution in [-0.2, 0) is 11.3 Å². The lowest BCUT2D eigenvalue weighted by Crippen LogP contribution is -2.40. The minimum atomic E-state index is 0. The lowest BCUT2D eigenvalue weighted by molar-refractivity contribution is -0.116. The number of likely N-dealkylation sites (tertiary alicyclic amines) is 1. The third-order valence-electron chi connectivity index (χ3n) is 5.75. The number of anilines is 1. The Morgan fingerprint density at radius 2 is 2.04 bits per heavy atom. The predicted octanol–water partition coefficient (Wildman–Crippen LogP) is 4.38. The van der Waals surface area contributed by atoms with E-state index >= 15 is 0 Å². The van der Waals surface area contributed by atoms with Crippen LogP contribution in [0.2, 0.25) is 0 Å². The fourth-order valence-electron chi connectivity index (χ4n) is 4.37. The minimum Gasteiger partial charge on any atom is -0.352 e. The standard InChI is InChI=1S/C21H32N4O.HI/c1-3-7-19(26)24-18-9-6-8-17(14-18)15-23-20(22-2)25-13-12-21(16-25)10-4-5-11-21;/h6,8-9,14H,3-5,7,10-13,15-16H2,1-2H3,(H,22,23)(H,24,26);1H. The monoisotopic (exact) mass is 484 g/mol. The third kappa shape index (κ3) is 5.83. The first-order valence-electron chi connectivity index (χ1n) is 9.98. The van der Waals surface area contributed by atoms with Gasteiger partial charge in [-0.15, -0.1) is 24.0 Å². The number of benzene rings is 1. The average molecular weight is 484 g/mol. The Hall–Kier alpha value is -1.31. The van der Waals surface area contributed by atoms with E-state index in [1.54, 1.807) is 0 Å². The number of aliphatic imine (C=N–C) groups is 1. The molecule has 1 saturated carbocycles. The van der Waals surface area contributed by atoms with Gasteiger partial charge in [0, 0.05) is 38.8 Å². The molecule has 2 aliphatic rings. The van der Waals surface area contributed by atoms with Crippen LogP contribution in [-0.4, -0.2) is 36.9 Å². The molecule has 0 bridgehead atoms. The number of carbonyl (C=O) groups is 1. The second-order valence-electron chi connectivity index (χ2n) is 7.78. The zero-order valence-electron chi connectivity index (χ0n) is 16.6. The van der Waals surface area contributed by atoms with Crippen molar-refractivity contribution in [2.24, 2.45) is 10.4 Å². The Morgan fingerprint density at radius 3 is 2.74 bits per heavy atom. The lowest BCUT2D eigenvalue weighted by atomic mass is 9.86. The summed E-state index contributed by atoms with van der Waals surface area (Å²) in [5, 5.41) is 6.47. The van der Waals surface area contributed by atoms with Crippen LogP contribution in [0.5, 0.6) is 0 Å². The number of guanidine groups is 1. The third-order valence-corrected chi connectivity index (χ3v) is 5.75. The van der Waals surface area contributed by atoms with Crippen molar-refractivity contribution in [1.82, 2.24) is 10.2 Å². The van der Waals surface area contributed by atoms with Gasteiger partial charge in [-0.2, -0.15) is 0 Å². The normalized spacial score (nSPS) is 18.4. The van der Waals surface area contributed by atoms with E-state index in [0.29, 0.717) is 18.4 Å². The molecular weight excluding hydrogens is 451 g/mol. The molecule has 1 aliphatic carbocycles. The van der Waals surface area contributed by atoms with Gasteiger partial charge < -0.3 is 15.5 Å². The molecule has 1 aromatic carbocycles. The Morgan fingerprint density at radius 1 is 1.26 bits per heavy atom. The summed E-state index contributed by atoms with van der Waals surface area (Å²) < 4.78 is 0. The summed E-state index contributed by atoms with van der Waals surface area (Å²) in [7, 11) is 1.86. The van der Waals surface area contributed by atoms with Gasteiger partial charge in [-0.1, -0.05) is 31.9 Å². The largest absolute Gasteiger partial charge is 0.352 e. The van der Waals surface area contributed by atoms with Crippen molar-refractivity contribution < 1.29 is 4.79 Å². The molecule has 1 aliphatic heterocycles. The summed E-state index contributed by atoms with van der Waals surface area (Å²) in [6, 6.07) is 8.05. The molecule has 1 spiro atoms. The van der Waals surface area contributed by atoms with Gasteiger partial charge in [0.05, 0.1) is 0 Å². The number of carbonyl (C=O) groups excluding carboxylic acids is 1. The first kappa shape index (κ1) is 22.0. The van der Waals surface area contributed by atoms with Crippen LogP contribution in [0.4, 0.5) is 5.69 Å². The van der Waals surface area contributed by atoms with Crippen molar-refractivity contribution >= 4 is 41.5 Å². The lowest BCUT2D eigenvalue weighted by Gasteiger charge is -2.26. The number of nitrogens with one attached hydrogen (secondary N) is 2. The van der Waals surface area contributed by atoms with Crippen LogP contribution in [0, 0.1) is 5.41 Å². The van der Waals surface area contributed by atoms with Crippen LogP contribution in [0.3, 0.4) is 0 Å². The maximum absolute atomic E-state index is 11.8. The summed E-state index contributed by atoms with van der Waals surface area (Å²) in [5.74, 6) is 1.07. The highest BCUT2D eigenvalue weighted by atomic mass is 127. The van der Waals surface area contributed by atoms with Crippen molar-refractivity contribution in [3.8, 4) is 0 Å². The van der Waals surface area contributed by atoms with Gasteiger partial charge in [0.15, 0.2) is 5.96 Å². The molecule has 27 heavy (non-hydrogen) atoms. The van der Waals surface area contributed by atoms with Gasteiger partial charge >= 0.3 is 0 Å². The van der Waals surface area contributed by atoms with Gasteiger partial charge in [0.2, 0.25) is 5.91 Å². The number of hydrogen-bond acceptors (Lipinski definition) is 2. The number of halogens is 1. The summed E-state index contributed by atoms with van der Waals surface area (Å²) in [5.41, 5.74) is 2.56. The van der Waals surface area contributed by atoms with Crippen molar-refractivity contribution in [3.63, 3.8) is 0 Å². The molecule has 1 aromatic rings. The van der Waals surface area contributed by atoms with Crippen LogP contribution in [0.1, 0.15) is 57.4 Å². The van der Waals surface area contributed by atoms with Crippen LogP contribution in [0.25, 0.3) is 0 Å². The van der Waals surface area contributed by atoms with Crippen LogP contribution < -0.4 is 10.6 Å². The fourth-order valence-corrected chi connectivity index (χ4v) is 4.37. The van der Waals surface area contributed by atoms with E-state index in [1.165, 1.54) is 32.1 Å². The molecule has 0 aromatic heterocycles. The topological polar surface area (TPSA) is 56.7 Å². The van der Waals surface area contributed by atoms with E-state index < -0.39 is 0 Å². The second kappa shape index (κ2) is 10.3. The molecule has 1 amide bonds. The molecule has 5 nitrogen and oxygen atoms in total. The van der Waals surface area contributed by atoms with Crippen molar-refractivity contribution in [2.75, 3.05) is 25.5 Å². The summed E-state index contributed by atoms with van der Waals surface area (Å²) >= 11 is 0. The number of hydrogen-bond donors (Lipinski definition) is 2. The smallest absolute Gasteiger partial charge is 0.224 e. The van der Waals surface area contributed by atoms with E-state index in [1.807, 2.05) is 32.2 Å². The highest BCUT2D eigenvalue weighted by Gasteiger charge is 2.41. The highest BCUT2D eigenvalue weighted by Crippen LogP contribution is 2.45. The molecule has 2 fully saturated rings. The van der Waals surface area contributed by atoms with Crippen molar-refractivity contribution in [2.45, 2.75) is 58.4 Å². The molecule has 0 unspecified atom stereocenters. The first-order valence-corrected chi connectivity index (χ1v) is 9.98. The molecular formula is C21H33IN4O. The Labute approximate surface area is 180 Å². The van der Waals surface area contributed by atoms with Gasteiger partial charge in [0.1, 0.15) is 0 Å². The van der Waals surface area contributed by atoms with E-state index in [4.69, 9.17) is 0 Å². The summed E-state index contributed by atoms with van der Waals surface area (Å²) in [6.07, 6.45) is 8.24. The Bertz CT molecular complexity index is 655. The minimum absolute atomic E-state index is 0. The molecule has 3 rings (SSSR count). The van der Waals surface area contributed by atoms with Gasteiger partial charge in [-0.3, -0.25) is 9.79 Å². The molecule has 1 heterocycles. The second-order valence-corrected chi connectivity index (χ2v) is 7.78. The fraction of sp³-hybridized carbons (Fsp3) is 0.619. The summed E-state index contributed by atoms with van der Waals surface area (Å²) in [4.78, 5) is 18.7. The quantitative estimate of drug-likeness (QED) is 0.371. The van der Waals surface area contributed by atoms with Crippen LogP contribution >= 0.6 is 24.0 Å². The molecule has 2 N–H and O–H groups in total. The van der Waals surface area contributed by atoms with E-state index in [2.05, 4.69) is 26.6 Å². The van der Waals surface area contributed by atoms with Crippen molar-refractivity contribution in [1.29, 1.82) is 0 Å². The zero-order valence-corrected chi connectivity index (χ0v) is 18.9. The van der Waals surface area contributed by atoms with E-state index in [9.17, 15) is 4.79 Å². The SMILES string of the molecule is CCCC(=O)Nc1cccc(CNC(=NC)N2CCC3(CCCC3)C2)c1.I. The van der Waals surface area contributed by atoms with Gasteiger partial charge in [-0.05, 0) is 48.8 Å².